The molecule has 0 aliphatic rings. The van der Waals surface area contributed by atoms with Gasteiger partial charge in [0.1, 0.15) is 5.69 Å². The summed E-state index contributed by atoms with van der Waals surface area (Å²) < 4.78 is 5.07. The number of methoxy groups -OCH3 is 1. The van der Waals surface area contributed by atoms with Crippen LogP contribution in [0.3, 0.4) is 0 Å². The summed E-state index contributed by atoms with van der Waals surface area (Å²) in [5.74, 6) is 0.516. The lowest BCUT2D eigenvalue weighted by Crippen LogP contribution is -2.36. The van der Waals surface area contributed by atoms with E-state index in [9.17, 15) is 10.1 Å². The number of ether oxygens (including phenoxy) is 1. The number of hydrogen-bond acceptors (Lipinski definition) is 7. The zero-order valence-electron chi connectivity index (χ0n) is 11.8. The number of nitrogens with one attached hydrogen (secondary N) is 2. The molecule has 1 rings (SSSR count). The summed E-state index contributed by atoms with van der Waals surface area (Å²) in [4.78, 5) is 18.8. The summed E-state index contributed by atoms with van der Waals surface area (Å²) in [5.41, 5.74) is -0.297. The van der Waals surface area contributed by atoms with Crippen molar-refractivity contribution in [1.29, 1.82) is 0 Å². The summed E-state index contributed by atoms with van der Waals surface area (Å²) in [6, 6.07) is 0. The Balaban J connectivity index is 3.23. The van der Waals surface area contributed by atoms with Crippen molar-refractivity contribution >= 4 is 17.5 Å². The second-order valence-electron chi connectivity index (χ2n) is 4.78. The second kappa shape index (κ2) is 5.79. The summed E-state index contributed by atoms with van der Waals surface area (Å²) >= 11 is 0. The third-order valence-corrected chi connectivity index (χ3v) is 2.43. The van der Waals surface area contributed by atoms with Gasteiger partial charge in [-0.25, -0.2) is 4.98 Å². The van der Waals surface area contributed by atoms with Crippen molar-refractivity contribution in [3.05, 3.63) is 15.8 Å². The predicted molar refractivity (Wildman–Crippen MR) is 72.5 cm³/mol. The number of anilines is 2. The van der Waals surface area contributed by atoms with Crippen molar-refractivity contribution in [3.63, 3.8) is 0 Å². The van der Waals surface area contributed by atoms with Gasteiger partial charge in [-0.05, 0) is 20.8 Å². The average Bonchev–Trinajstić information content (AvgIpc) is 2.26. The molecule has 0 saturated heterocycles. The minimum Gasteiger partial charge on any atom is -0.382 e. The topological polar surface area (TPSA) is 102 Å². The molecule has 0 atom stereocenters. The highest BCUT2D eigenvalue weighted by atomic mass is 16.6. The number of aromatic nitrogens is 2. The molecule has 8 nitrogen and oxygen atoms in total. The SMILES string of the molecule is CNc1nc(C)c([N+](=O)[O-])c(NC(C)(C)COC)n1. The lowest BCUT2D eigenvalue weighted by Gasteiger charge is -2.25. The van der Waals surface area contributed by atoms with Crippen molar-refractivity contribution in [2.24, 2.45) is 0 Å². The van der Waals surface area contributed by atoms with Gasteiger partial charge < -0.3 is 15.4 Å². The molecule has 0 radical (unpaired) electrons. The fraction of sp³-hybridized carbons (Fsp3) is 0.636. The maximum atomic E-state index is 11.1. The number of rotatable bonds is 6. The van der Waals surface area contributed by atoms with Gasteiger partial charge in [0.2, 0.25) is 11.8 Å². The molecule has 1 aromatic rings. The first-order chi connectivity index (χ1) is 8.80. The van der Waals surface area contributed by atoms with Crippen molar-refractivity contribution < 1.29 is 9.66 Å². The first kappa shape index (κ1) is 15.1. The second-order valence-corrected chi connectivity index (χ2v) is 4.78. The third-order valence-electron chi connectivity index (χ3n) is 2.43. The van der Waals surface area contributed by atoms with Crippen molar-refractivity contribution in [2.45, 2.75) is 26.3 Å². The first-order valence-electron chi connectivity index (χ1n) is 5.78. The molecule has 0 amide bonds. The van der Waals surface area contributed by atoms with Crippen LogP contribution in [-0.2, 0) is 4.74 Å². The monoisotopic (exact) mass is 269 g/mol. The first-order valence-corrected chi connectivity index (χ1v) is 5.78. The highest BCUT2D eigenvalue weighted by molar-refractivity contribution is 5.61. The van der Waals surface area contributed by atoms with Crippen molar-refractivity contribution in [3.8, 4) is 0 Å². The quantitative estimate of drug-likeness (QED) is 0.597. The highest BCUT2D eigenvalue weighted by Crippen LogP contribution is 2.28. The molecule has 0 aliphatic heterocycles. The largest absolute Gasteiger partial charge is 0.382 e. The molecule has 1 heterocycles. The molecular formula is C11H19N5O3. The van der Waals surface area contributed by atoms with E-state index in [4.69, 9.17) is 4.74 Å². The fourth-order valence-corrected chi connectivity index (χ4v) is 1.70. The molecule has 19 heavy (non-hydrogen) atoms. The molecule has 0 fully saturated rings. The van der Waals surface area contributed by atoms with Crippen LogP contribution in [0.25, 0.3) is 0 Å². The minimum atomic E-state index is -0.486. The third kappa shape index (κ3) is 3.75. The summed E-state index contributed by atoms with van der Waals surface area (Å²) in [6.45, 7) is 5.71. The summed E-state index contributed by atoms with van der Waals surface area (Å²) in [6.07, 6.45) is 0. The molecule has 0 aromatic carbocycles. The van der Waals surface area contributed by atoms with Gasteiger partial charge in [0.15, 0.2) is 0 Å². The van der Waals surface area contributed by atoms with Crippen LogP contribution in [0.4, 0.5) is 17.5 Å². The van der Waals surface area contributed by atoms with Crippen LogP contribution in [0.2, 0.25) is 0 Å². The fourth-order valence-electron chi connectivity index (χ4n) is 1.70. The van der Waals surface area contributed by atoms with E-state index >= 15 is 0 Å². The maximum absolute atomic E-state index is 11.1. The van der Waals surface area contributed by atoms with Crippen molar-refractivity contribution in [2.75, 3.05) is 31.4 Å². The Labute approximate surface area is 111 Å². The molecule has 0 aliphatic carbocycles. The van der Waals surface area contributed by atoms with E-state index in [1.165, 1.54) is 0 Å². The Kier molecular flexibility index (Phi) is 4.60. The van der Waals surface area contributed by atoms with Gasteiger partial charge >= 0.3 is 5.69 Å². The van der Waals surface area contributed by atoms with Gasteiger partial charge in [0.05, 0.1) is 17.1 Å². The van der Waals surface area contributed by atoms with E-state index in [1.54, 1.807) is 21.1 Å². The van der Waals surface area contributed by atoms with Crippen LogP contribution in [0.5, 0.6) is 0 Å². The van der Waals surface area contributed by atoms with Crippen LogP contribution in [-0.4, -0.2) is 41.2 Å². The van der Waals surface area contributed by atoms with E-state index < -0.39 is 10.5 Å². The normalized spacial score (nSPS) is 11.2. The van der Waals surface area contributed by atoms with Gasteiger partial charge in [0.25, 0.3) is 0 Å². The molecule has 2 N–H and O–H groups in total. The molecular weight excluding hydrogens is 250 g/mol. The molecule has 0 unspecified atom stereocenters. The Hall–Kier alpha value is -1.96. The van der Waals surface area contributed by atoms with E-state index in [0.717, 1.165) is 0 Å². The van der Waals surface area contributed by atoms with Gasteiger partial charge in [-0.3, -0.25) is 10.1 Å². The lowest BCUT2D eigenvalue weighted by atomic mass is 10.1. The Bertz CT molecular complexity index is 476. The number of aryl methyl sites for hydroxylation is 1. The van der Waals surface area contributed by atoms with Gasteiger partial charge in [-0.2, -0.15) is 4.98 Å². The average molecular weight is 269 g/mol. The molecule has 0 saturated carbocycles. The minimum absolute atomic E-state index is 0.122. The Morgan fingerprint density at radius 2 is 2.05 bits per heavy atom. The van der Waals surface area contributed by atoms with Gasteiger partial charge in [0, 0.05) is 14.2 Å². The lowest BCUT2D eigenvalue weighted by molar-refractivity contribution is -0.385. The zero-order chi connectivity index (χ0) is 14.6. The molecule has 8 heteroatoms. The van der Waals surface area contributed by atoms with Crippen LogP contribution in [0.15, 0.2) is 0 Å². The van der Waals surface area contributed by atoms with E-state index in [1.807, 2.05) is 13.8 Å². The molecule has 1 aromatic heterocycles. The molecule has 0 spiro atoms. The maximum Gasteiger partial charge on any atom is 0.332 e. The Morgan fingerprint density at radius 3 is 2.53 bits per heavy atom. The van der Waals surface area contributed by atoms with Gasteiger partial charge in [-0.15, -0.1) is 0 Å². The number of hydrogen-bond donors (Lipinski definition) is 2. The van der Waals surface area contributed by atoms with Crippen LogP contribution >= 0.6 is 0 Å². The summed E-state index contributed by atoms with van der Waals surface area (Å²) in [5, 5.41) is 16.9. The molecule has 0 bridgehead atoms. The van der Waals surface area contributed by atoms with Crippen molar-refractivity contribution in [1.82, 2.24) is 9.97 Å². The number of nitro groups is 1. The van der Waals surface area contributed by atoms with Crippen LogP contribution in [0, 0.1) is 17.0 Å². The van der Waals surface area contributed by atoms with Gasteiger partial charge in [-0.1, -0.05) is 0 Å². The van der Waals surface area contributed by atoms with E-state index in [-0.39, 0.29) is 11.5 Å². The standard InChI is InChI=1S/C11H19N5O3/c1-7-8(16(17)18)9(14-10(12-4)13-7)15-11(2,3)6-19-5/h6H2,1-5H3,(H2,12,13,14,15). The van der Waals surface area contributed by atoms with Crippen LogP contribution in [0.1, 0.15) is 19.5 Å². The van der Waals surface area contributed by atoms with Crippen LogP contribution < -0.4 is 10.6 Å². The van der Waals surface area contributed by atoms with E-state index in [0.29, 0.717) is 18.2 Å². The molecule has 106 valence electrons. The smallest absolute Gasteiger partial charge is 0.332 e. The predicted octanol–water partition coefficient (Wildman–Crippen LogP) is 1.57. The summed E-state index contributed by atoms with van der Waals surface area (Å²) in [7, 11) is 3.23. The Morgan fingerprint density at radius 1 is 1.42 bits per heavy atom. The zero-order valence-corrected chi connectivity index (χ0v) is 11.8. The highest BCUT2D eigenvalue weighted by Gasteiger charge is 2.27. The van der Waals surface area contributed by atoms with E-state index in [2.05, 4.69) is 20.6 Å². The number of nitrogens with zero attached hydrogens (tertiary/aromatic N) is 3.